The molecule has 3 aromatic rings. The Morgan fingerprint density at radius 3 is 2.61 bits per heavy atom. The Hall–Kier alpha value is -2.52. The van der Waals surface area contributed by atoms with Crippen LogP contribution < -0.4 is 10.6 Å². The molecule has 3 rings (SSSR count). The van der Waals surface area contributed by atoms with Gasteiger partial charge >= 0.3 is 0 Å². The average molecular weight is 525 g/mol. The van der Waals surface area contributed by atoms with Crippen LogP contribution in [0.1, 0.15) is 29.1 Å². The van der Waals surface area contributed by atoms with Crippen molar-refractivity contribution in [2.45, 2.75) is 24.7 Å². The Morgan fingerprint density at radius 2 is 1.91 bits per heavy atom. The molecule has 0 radical (unpaired) electrons. The first-order valence-electron chi connectivity index (χ1n) is 9.76. The zero-order chi connectivity index (χ0) is 24.0. The van der Waals surface area contributed by atoms with Crippen molar-refractivity contribution in [1.29, 1.82) is 0 Å². The zero-order valence-electron chi connectivity index (χ0n) is 17.5. The lowest BCUT2D eigenvalue weighted by molar-refractivity contribution is -0.113. The van der Waals surface area contributed by atoms with E-state index in [4.69, 9.17) is 34.8 Å². The van der Waals surface area contributed by atoms with E-state index < -0.39 is 6.04 Å². The number of nitrogens with zero attached hydrogens (tertiary/aromatic N) is 3. The molecule has 0 aliphatic rings. The Morgan fingerprint density at radius 1 is 1.15 bits per heavy atom. The number of amides is 2. The van der Waals surface area contributed by atoms with Crippen molar-refractivity contribution in [1.82, 2.24) is 20.1 Å². The predicted octanol–water partition coefficient (Wildman–Crippen LogP) is 5.65. The summed E-state index contributed by atoms with van der Waals surface area (Å²) in [6.45, 7) is 5.98. The van der Waals surface area contributed by atoms with Crippen molar-refractivity contribution < 1.29 is 9.59 Å². The van der Waals surface area contributed by atoms with Gasteiger partial charge in [0.15, 0.2) is 11.0 Å². The van der Waals surface area contributed by atoms with Gasteiger partial charge in [-0.1, -0.05) is 58.7 Å². The molecule has 0 aliphatic heterocycles. The van der Waals surface area contributed by atoms with E-state index in [1.807, 2.05) is 0 Å². The minimum Gasteiger partial charge on any atom is -0.342 e. The molecule has 0 saturated carbocycles. The molecule has 1 heterocycles. The summed E-state index contributed by atoms with van der Waals surface area (Å²) >= 11 is 19.2. The van der Waals surface area contributed by atoms with E-state index in [9.17, 15) is 9.59 Å². The first-order chi connectivity index (χ1) is 15.8. The highest BCUT2D eigenvalue weighted by atomic mass is 35.5. The summed E-state index contributed by atoms with van der Waals surface area (Å²) in [4.78, 5) is 25.0. The van der Waals surface area contributed by atoms with Crippen molar-refractivity contribution in [2.75, 3.05) is 11.1 Å². The van der Waals surface area contributed by atoms with E-state index in [0.29, 0.717) is 43.8 Å². The van der Waals surface area contributed by atoms with Crippen molar-refractivity contribution in [3.05, 3.63) is 81.6 Å². The summed E-state index contributed by atoms with van der Waals surface area (Å²) in [7, 11) is 0. The lowest BCUT2D eigenvalue weighted by Gasteiger charge is -2.15. The number of rotatable bonds is 9. The number of benzene rings is 2. The van der Waals surface area contributed by atoms with E-state index in [0.717, 1.165) is 0 Å². The Bertz CT molecular complexity index is 1180. The lowest BCUT2D eigenvalue weighted by atomic mass is 10.2. The first-order valence-corrected chi connectivity index (χ1v) is 11.9. The molecule has 1 atom stereocenters. The highest BCUT2D eigenvalue weighted by molar-refractivity contribution is 7.99. The zero-order valence-corrected chi connectivity index (χ0v) is 20.6. The van der Waals surface area contributed by atoms with E-state index in [1.54, 1.807) is 60.0 Å². The second-order valence-electron chi connectivity index (χ2n) is 6.91. The number of allylic oxidation sites excluding steroid dienone is 1. The molecule has 0 bridgehead atoms. The average Bonchev–Trinajstić information content (AvgIpc) is 3.17. The van der Waals surface area contributed by atoms with E-state index >= 15 is 0 Å². The van der Waals surface area contributed by atoms with Crippen LogP contribution in [0.15, 0.2) is 60.3 Å². The number of halogens is 3. The van der Waals surface area contributed by atoms with Crippen LogP contribution in [0.2, 0.25) is 15.1 Å². The van der Waals surface area contributed by atoms with Gasteiger partial charge in [0.05, 0.1) is 22.5 Å². The van der Waals surface area contributed by atoms with E-state index in [-0.39, 0.29) is 17.6 Å². The van der Waals surface area contributed by atoms with E-state index in [2.05, 4.69) is 27.4 Å². The van der Waals surface area contributed by atoms with Gasteiger partial charge in [-0.05, 0) is 43.3 Å². The number of carbonyl (C=O) groups excluding carboxylic acids is 2. The molecular weight excluding hydrogens is 505 g/mol. The molecule has 2 N–H and O–H groups in total. The summed E-state index contributed by atoms with van der Waals surface area (Å²) in [5, 5.41) is 15.9. The normalized spacial score (nSPS) is 11.6. The molecule has 11 heteroatoms. The van der Waals surface area contributed by atoms with Crippen molar-refractivity contribution in [3.63, 3.8) is 0 Å². The third kappa shape index (κ3) is 6.74. The van der Waals surface area contributed by atoms with Gasteiger partial charge in [-0.3, -0.25) is 9.59 Å². The molecule has 0 fully saturated rings. The van der Waals surface area contributed by atoms with Crippen LogP contribution in [0.4, 0.5) is 5.69 Å². The third-order valence-corrected chi connectivity index (χ3v) is 6.17. The number of nitrogens with one attached hydrogen (secondary N) is 2. The SMILES string of the molecule is C=CCn1c(SCC(=O)Nc2ccc(Cl)cc2Cl)nnc1C(C)NC(=O)c1cccc(Cl)c1. The van der Waals surface area contributed by atoms with Gasteiger partial charge in [0.1, 0.15) is 0 Å². The van der Waals surface area contributed by atoms with Crippen LogP contribution in [0.3, 0.4) is 0 Å². The lowest BCUT2D eigenvalue weighted by Crippen LogP contribution is -2.28. The summed E-state index contributed by atoms with van der Waals surface area (Å²) in [6, 6.07) is 11.1. The molecule has 33 heavy (non-hydrogen) atoms. The number of aromatic nitrogens is 3. The fourth-order valence-corrected chi connectivity index (χ4v) is 4.31. The van der Waals surface area contributed by atoms with Gasteiger partial charge < -0.3 is 15.2 Å². The molecule has 2 aromatic carbocycles. The van der Waals surface area contributed by atoms with Crippen molar-refractivity contribution in [3.8, 4) is 0 Å². The summed E-state index contributed by atoms with van der Waals surface area (Å²) in [5.41, 5.74) is 0.911. The molecular formula is C22H20Cl3N5O2S. The van der Waals surface area contributed by atoms with E-state index in [1.165, 1.54) is 11.8 Å². The standard InChI is InChI=1S/C22H20Cl3N5O2S/c1-3-9-30-20(13(2)26-21(32)14-5-4-6-15(23)10-14)28-29-22(30)33-12-19(31)27-18-8-7-16(24)11-17(18)25/h3-8,10-11,13H,1,9,12H2,2H3,(H,26,32)(H,27,31). The topological polar surface area (TPSA) is 88.9 Å². The van der Waals surface area contributed by atoms with Crippen molar-refractivity contribution in [2.24, 2.45) is 0 Å². The maximum Gasteiger partial charge on any atom is 0.251 e. The van der Waals surface area contributed by atoms with Crippen LogP contribution in [0.5, 0.6) is 0 Å². The highest BCUT2D eigenvalue weighted by Gasteiger charge is 2.20. The largest absolute Gasteiger partial charge is 0.342 e. The fourth-order valence-electron chi connectivity index (χ4n) is 2.91. The Balaban J connectivity index is 1.67. The molecule has 7 nitrogen and oxygen atoms in total. The number of thioether (sulfide) groups is 1. The van der Waals surface area contributed by atoms with Gasteiger partial charge in [0, 0.05) is 22.2 Å². The molecule has 172 valence electrons. The number of anilines is 1. The first kappa shape index (κ1) is 25.1. The Labute approximate surface area is 210 Å². The number of hydrogen-bond acceptors (Lipinski definition) is 5. The van der Waals surface area contributed by atoms with Crippen molar-refractivity contribution >= 4 is 64.1 Å². The smallest absolute Gasteiger partial charge is 0.251 e. The predicted molar refractivity (Wildman–Crippen MR) is 133 cm³/mol. The minimum atomic E-state index is -0.444. The molecule has 0 spiro atoms. The second-order valence-corrected chi connectivity index (χ2v) is 9.13. The van der Waals surface area contributed by atoms with Crippen LogP contribution in [0.25, 0.3) is 0 Å². The van der Waals surface area contributed by atoms with Gasteiger partial charge in [0.25, 0.3) is 5.91 Å². The van der Waals surface area contributed by atoms with Crippen LogP contribution in [-0.4, -0.2) is 32.3 Å². The molecule has 0 saturated heterocycles. The Kier molecular flexibility index (Phi) is 8.80. The van der Waals surface area contributed by atoms with Gasteiger partial charge in [-0.25, -0.2) is 0 Å². The summed E-state index contributed by atoms with van der Waals surface area (Å²) in [5.74, 6) is 0.0686. The molecule has 0 aliphatic carbocycles. The minimum absolute atomic E-state index is 0.0808. The van der Waals surface area contributed by atoms with Gasteiger partial charge in [0.2, 0.25) is 5.91 Å². The van der Waals surface area contributed by atoms with Crippen LogP contribution >= 0.6 is 46.6 Å². The summed E-state index contributed by atoms with van der Waals surface area (Å²) in [6.07, 6.45) is 1.69. The van der Waals surface area contributed by atoms with Gasteiger partial charge in [-0.2, -0.15) is 0 Å². The molecule has 2 amide bonds. The number of hydrogen-bond donors (Lipinski definition) is 2. The summed E-state index contributed by atoms with van der Waals surface area (Å²) < 4.78 is 1.79. The second kappa shape index (κ2) is 11.6. The highest BCUT2D eigenvalue weighted by Crippen LogP contribution is 2.26. The fraction of sp³-hybridized carbons (Fsp3) is 0.182. The maximum absolute atomic E-state index is 12.6. The van der Waals surface area contributed by atoms with Crippen LogP contribution in [0, 0.1) is 0 Å². The molecule has 1 unspecified atom stereocenters. The number of carbonyl (C=O) groups is 2. The van der Waals surface area contributed by atoms with Crippen LogP contribution in [-0.2, 0) is 11.3 Å². The quantitative estimate of drug-likeness (QED) is 0.279. The third-order valence-electron chi connectivity index (χ3n) is 4.42. The monoisotopic (exact) mass is 523 g/mol. The van der Waals surface area contributed by atoms with Gasteiger partial charge in [-0.15, -0.1) is 16.8 Å². The molecule has 1 aromatic heterocycles. The maximum atomic E-state index is 12.6.